The van der Waals surface area contributed by atoms with Crippen molar-refractivity contribution < 1.29 is 28.7 Å². The molecule has 2 aromatic rings. The third-order valence-electron chi connectivity index (χ3n) is 5.93. The summed E-state index contributed by atoms with van der Waals surface area (Å²) in [5, 5.41) is 1.16. The quantitative estimate of drug-likeness (QED) is 0.312. The number of ether oxygens (including phenoxy) is 2. The predicted octanol–water partition coefficient (Wildman–Crippen LogP) is 3.73. The van der Waals surface area contributed by atoms with Crippen LogP contribution in [0.2, 0.25) is 0 Å². The van der Waals surface area contributed by atoms with Gasteiger partial charge in [-0.25, -0.2) is 14.7 Å². The standard InChI is InChI=1S/C26H33N3O6S/c1-33-25(31)23(14-17-36-2)29(24(30)13-12-20-8-4-3-5-9-20)34-19-21-10-7-16-28(21)26(32)35-22-11-6-15-27-18-22/h3-6,8-9,11,15,18,21,23H,7,10,12-14,16-17,19H2,1-2H3/t21?,23-/m0/s1. The summed E-state index contributed by atoms with van der Waals surface area (Å²) < 4.78 is 10.4. The summed E-state index contributed by atoms with van der Waals surface area (Å²) in [4.78, 5) is 50.2. The summed E-state index contributed by atoms with van der Waals surface area (Å²) in [6, 6.07) is 11.8. The molecule has 2 amide bonds. The fourth-order valence-corrected chi connectivity index (χ4v) is 4.48. The van der Waals surface area contributed by atoms with Gasteiger partial charge in [-0.05, 0) is 55.4 Å². The van der Waals surface area contributed by atoms with Gasteiger partial charge in [-0.3, -0.25) is 14.6 Å². The van der Waals surface area contributed by atoms with E-state index in [-0.39, 0.29) is 25.0 Å². The average Bonchev–Trinajstić information content (AvgIpc) is 3.39. The van der Waals surface area contributed by atoms with Crippen LogP contribution in [0.4, 0.5) is 4.79 Å². The molecule has 1 unspecified atom stereocenters. The van der Waals surface area contributed by atoms with Crippen LogP contribution in [0.3, 0.4) is 0 Å². The number of amides is 2. The van der Waals surface area contributed by atoms with Crippen LogP contribution in [0, 0.1) is 0 Å². The highest BCUT2D eigenvalue weighted by Crippen LogP contribution is 2.22. The number of carbonyl (C=O) groups is 3. The van der Waals surface area contributed by atoms with Gasteiger partial charge in [-0.15, -0.1) is 0 Å². The van der Waals surface area contributed by atoms with E-state index in [4.69, 9.17) is 14.3 Å². The summed E-state index contributed by atoms with van der Waals surface area (Å²) in [6.07, 6.45) is 7.07. The molecule has 10 heteroatoms. The van der Waals surface area contributed by atoms with Crippen molar-refractivity contribution >= 4 is 29.7 Å². The third kappa shape index (κ3) is 7.96. The van der Waals surface area contributed by atoms with Crippen molar-refractivity contribution in [2.45, 2.75) is 44.2 Å². The highest BCUT2D eigenvalue weighted by molar-refractivity contribution is 7.98. The highest BCUT2D eigenvalue weighted by Gasteiger charge is 2.35. The van der Waals surface area contributed by atoms with Crippen LogP contribution in [-0.4, -0.2) is 77.3 Å². The van der Waals surface area contributed by atoms with E-state index in [1.807, 2.05) is 36.6 Å². The fourth-order valence-electron chi connectivity index (χ4n) is 4.02. The Labute approximate surface area is 216 Å². The number of methoxy groups -OCH3 is 1. The maximum Gasteiger partial charge on any atom is 0.415 e. The van der Waals surface area contributed by atoms with Crippen LogP contribution in [0.5, 0.6) is 5.75 Å². The van der Waals surface area contributed by atoms with Gasteiger partial charge in [-0.1, -0.05) is 30.3 Å². The Balaban J connectivity index is 1.69. The van der Waals surface area contributed by atoms with E-state index in [9.17, 15) is 14.4 Å². The van der Waals surface area contributed by atoms with Crippen molar-refractivity contribution in [3.8, 4) is 5.75 Å². The zero-order valence-electron chi connectivity index (χ0n) is 20.7. The molecule has 1 aromatic heterocycles. The van der Waals surface area contributed by atoms with Crippen molar-refractivity contribution in [1.29, 1.82) is 0 Å². The molecule has 0 radical (unpaired) electrons. The average molecular weight is 516 g/mol. The monoisotopic (exact) mass is 515 g/mol. The summed E-state index contributed by atoms with van der Waals surface area (Å²) in [5.41, 5.74) is 1.02. The molecule has 36 heavy (non-hydrogen) atoms. The molecule has 0 N–H and O–H groups in total. The van der Waals surface area contributed by atoms with Crippen molar-refractivity contribution in [3.05, 3.63) is 60.4 Å². The Morgan fingerprint density at radius 3 is 2.69 bits per heavy atom. The molecule has 0 bridgehead atoms. The first-order valence-corrected chi connectivity index (χ1v) is 13.4. The highest BCUT2D eigenvalue weighted by atomic mass is 32.2. The van der Waals surface area contributed by atoms with Gasteiger partial charge in [-0.2, -0.15) is 11.8 Å². The molecular weight excluding hydrogens is 482 g/mol. The van der Waals surface area contributed by atoms with Crippen LogP contribution < -0.4 is 4.74 Å². The third-order valence-corrected chi connectivity index (χ3v) is 6.57. The lowest BCUT2D eigenvalue weighted by Crippen LogP contribution is -2.48. The van der Waals surface area contributed by atoms with E-state index in [0.717, 1.165) is 17.0 Å². The number of rotatable bonds is 12. The van der Waals surface area contributed by atoms with Crippen molar-refractivity contribution in [3.63, 3.8) is 0 Å². The SMILES string of the molecule is COC(=O)[C@H](CCSC)N(OCC1CCCN1C(=O)Oc1cccnc1)C(=O)CCc1ccccc1. The van der Waals surface area contributed by atoms with Crippen LogP contribution in [-0.2, 0) is 25.6 Å². The van der Waals surface area contributed by atoms with Gasteiger partial charge in [0.1, 0.15) is 0 Å². The van der Waals surface area contributed by atoms with Crippen LogP contribution in [0.25, 0.3) is 0 Å². The molecule has 0 saturated carbocycles. The van der Waals surface area contributed by atoms with Gasteiger partial charge < -0.3 is 14.4 Å². The Hall–Kier alpha value is -3.11. The Morgan fingerprint density at radius 1 is 1.19 bits per heavy atom. The van der Waals surface area contributed by atoms with Crippen molar-refractivity contribution in [2.75, 3.05) is 32.3 Å². The molecule has 1 aliphatic rings. The zero-order chi connectivity index (χ0) is 25.8. The minimum atomic E-state index is -0.872. The maximum atomic E-state index is 13.3. The number of benzene rings is 1. The van der Waals surface area contributed by atoms with E-state index >= 15 is 0 Å². The van der Waals surface area contributed by atoms with Crippen LogP contribution >= 0.6 is 11.8 Å². The molecule has 1 aliphatic heterocycles. The zero-order valence-corrected chi connectivity index (χ0v) is 21.5. The number of esters is 1. The van der Waals surface area contributed by atoms with E-state index < -0.39 is 18.1 Å². The molecule has 2 atom stereocenters. The normalized spacial score (nSPS) is 15.8. The summed E-state index contributed by atoms with van der Waals surface area (Å²) >= 11 is 1.57. The molecule has 194 valence electrons. The second-order valence-electron chi connectivity index (χ2n) is 8.37. The van der Waals surface area contributed by atoms with Gasteiger partial charge in [0.15, 0.2) is 11.8 Å². The number of aryl methyl sites for hydroxylation is 1. The van der Waals surface area contributed by atoms with Crippen LogP contribution in [0.1, 0.15) is 31.2 Å². The molecule has 0 spiro atoms. The second kappa shape index (κ2) is 14.4. The molecule has 1 fully saturated rings. The van der Waals surface area contributed by atoms with Gasteiger partial charge in [0, 0.05) is 19.2 Å². The number of thioether (sulfide) groups is 1. The van der Waals surface area contributed by atoms with E-state index in [2.05, 4.69) is 4.98 Å². The summed E-state index contributed by atoms with van der Waals surface area (Å²) in [5.74, 6) is 0.169. The number of aromatic nitrogens is 1. The van der Waals surface area contributed by atoms with Crippen LogP contribution in [0.15, 0.2) is 54.9 Å². The fraction of sp³-hybridized carbons (Fsp3) is 0.462. The van der Waals surface area contributed by atoms with Crippen molar-refractivity contribution in [1.82, 2.24) is 14.9 Å². The number of hydrogen-bond donors (Lipinski definition) is 0. The van der Waals surface area contributed by atoms with Gasteiger partial charge in [0.25, 0.3) is 0 Å². The Kier molecular flexibility index (Phi) is 11.0. The maximum absolute atomic E-state index is 13.3. The number of hydroxylamine groups is 2. The number of nitrogens with zero attached hydrogens (tertiary/aromatic N) is 3. The van der Waals surface area contributed by atoms with E-state index in [1.165, 1.54) is 13.3 Å². The Morgan fingerprint density at radius 2 is 2.00 bits per heavy atom. The molecule has 3 rings (SSSR count). The minimum absolute atomic E-state index is 0.0615. The molecule has 9 nitrogen and oxygen atoms in total. The number of hydrogen-bond acceptors (Lipinski definition) is 8. The lowest BCUT2D eigenvalue weighted by atomic mass is 10.1. The molecule has 2 heterocycles. The summed E-state index contributed by atoms with van der Waals surface area (Å²) in [7, 11) is 1.30. The largest absolute Gasteiger partial charge is 0.467 e. The minimum Gasteiger partial charge on any atom is -0.467 e. The molecule has 1 saturated heterocycles. The van der Waals surface area contributed by atoms with Crippen molar-refractivity contribution in [2.24, 2.45) is 0 Å². The molecule has 0 aliphatic carbocycles. The van der Waals surface area contributed by atoms with Gasteiger partial charge in [0.2, 0.25) is 5.91 Å². The molecule has 1 aromatic carbocycles. The number of pyridine rings is 1. The first-order valence-electron chi connectivity index (χ1n) is 12.0. The van der Waals surface area contributed by atoms with E-state index in [0.29, 0.717) is 37.3 Å². The van der Waals surface area contributed by atoms with Gasteiger partial charge in [0.05, 0.1) is 26.0 Å². The van der Waals surface area contributed by atoms with Gasteiger partial charge >= 0.3 is 12.1 Å². The molecular formula is C26H33N3O6S. The number of carbonyl (C=O) groups excluding carboxylic acids is 3. The topological polar surface area (TPSA) is 98.3 Å². The Bertz CT molecular complexity index is 978. The second-order valence-corrected chi connectivity index (χ2v) is 9.35. The first kappa shape index (κ1) is 27.5. The lowest BCUT2D eigenvalue weighted by molar-refractivity contribution is -0.211. The summed E-state index contributed by atoms with van der Waals surface area (Å²) in [6.45, 7) is 0.577. The van der Waals surface area contributed by atoms with E-state index in [1.54, 1.807) is 35.0 Å². The smallest absolute Gasteiger partial charge is 0.415 e. The lowest BCUT2D eigenvalue weighted by Gasteiger charge is -2.31. The number of likely N-dealkylation sites (tertiary alicyclic amines) is 1. The first-order chi connectivity index (χ1) is 17.5. The predicted molar refractivity (Wildman–Crippen MR) is 136 cm³/mol.